The number of halogens is 4. The van der Waals surface area contributed by atoms with Gasteiger partial charge in [-0.2, -0.15) is 10.2 Å². The van der Waals surface area contributed by atoms with E-state index in [-0.39, 0.29) is 42.6 Å². The molecule has 244 valence electrons. The van der Waals surface area contributed by atoms with Crippen molar-refractivity contribution in [3.63, 3.8) is 0 Å². The van der Waals surface area contributed by atoms with Crippen LogP contribution >= 0.6 is 46.4 Å². The Morgan fingerprint density at radius 2 is 1.40 bits per heavy atom. The number of ketones is 1. The van der Waals surface area contributed by atoms with E-state index in [1.807, 2.05) is 42.5 Å². The number of benzene rings is 5. The largest absolute Gasteiger partial charge is 0.354 e. The van der Waals surface area contributed by atoms with Crippen LogP contribution in [0.4, 0.5) is 17.1 Å². The number of anilines is 1. The lowest BCUT2D eigenvalue weighted by atomic mass is 9.85. The molecule has 2 amide bonds. The number of rotatable bonds is 5. The molecule has 2 heterocycles. The molecule has 1 aliphatic heterocycles. The van der Waals surface area contributed by atoms with Crippen LogP contribution in [0.5, 0.6) is 0 Å². The van der Waals surface area contributed by atoms with Crippen LogP contribution in [0.3, 0.4) is 0 Å². The third kappa shape index (κ3) is 5.35. The van der Waals surface area contributed by atoms with Crippen molar-refractivity contribution in [3.05, 3.63) is 139 Å². The molecule has 0 saturated carbocycles. The molecule has 1 aliphatic carbocycles. The highest BCUT2D eigenvalue weighted by molar-refractivity contribution is 6.55. The minimum absolute atomic E-state index is 0.0103. The molecule has 3 N–H and O–H groups in total. The normalized spacial score (nSPS) is 16.2. The number of carbonyl (C=O) groups excluding carboxylic acids is 3. The van der Waals surface area contributed by atoms with Gasteiger partial charge in [-0.3, -0.25) is 14.4 Å². The fourth-order valence-electron chi connectivity index (χ4n) is 6.12. The number of carbonyl (C=O) groups is 3. The highest BCUT2D eigenvalue weighted by atomic mass is 35.5. The Labute approximate surface area is 303 Å². The topological polar surface area (TPSA) is 128 Å². The second-order valence-corrected chi connectivity index (χ2v) is 13.0. The smallest absolute Gasteiger partial charge is 0.259 e. The Kier molecular flexibility index (Phi) is 8.00. The standard InChI is InChI=1S/C37H20Cl4N6O3/c38-28-26-27(29(39)31(41)30(28)40)37(50)45-35(26)42-19-11-13-20(14-12-19)46-47-33-25-17(10-15-22-21-8-4-5-9-24(21)44-32(22)25)16-23(34(33)48)36(49)43-18-6-2-1-3-7-18/h1-16,33,44H,(H,43,49)(H,42,45,50). The van der Waals surface area contributed by atoms with E-state index < -0.39 is 23.6 Å². The number of amidine groups is 1. The molecule has 6 aromatic rings. The van der Waals surface area contributed by atoms with Gasteiger partial charge >= 0.3 is 0 Å². The molecule has 8 rings (SSSR count). The summed E-state index contributed by atoms with van der Waals surface area (Å²) in [5, 5.41) is 16.4. The first-order valence-electron chi connectivity index (χ1n) is 15.1. The van der Waals surface area contributed by atoms with E-state index in [0.29, 0.717) is 28.2 Å². The van der Waals surface area contributed by atoms with Gasteiger partial charge in [-0.15, -0.1) is 0 Å². The first-order chi connectivity index (χ1) is 24.2. The number of nitrogens with one attached hydrogen (secondary N) is 3. The van der Waals surface area contributed by atoms with Gasteiger partial charge in [0.25, 0.3) is 11.8 Å². The van der Waals surface area contributed by atoms with E-state index in [1.165, 1.54) is 0 Å². The van der Waals surface area contributed by atoms with Crippen molar-refractivity contribution in [1.29, 1.82) is 0 Å². The summed E-state index contributed by atoms with van der Waals surface area (Å²) in [5.74, 6) is -1.39. The molecule has 2 aliphatic rings. The SMILES string of the molecule is O=C(Nc1ccccc1)C1=Cc2ccc3c([nH]c4ccccc43)c2C(N=Nc2ccc(N=C3NC(=O)c4c(Cl)c(Cl)c(Cl)c(Cl)c43)cc2)C1=O. The number of amides is 2. The summed E-state index contributed by atoms with van der Waals surface area (Å²) >= 11 is 25.1. The zero-order chi connectivity index (χ0) is 34.7. The fraction of sp³-hybridized carbons (Fsp3) is 0.0270. The Morgan fingerprint density at radius 3 is 2.16 bits per heavy atom. The monoisotopic (exact) mass is 736 g/mol. The number of aromatic amines is 1. The Bertz CT molecular complexity index is 2540. The number of aliphatic imine (C=N–C) groups is 1. The van der Waals surface area contributed by atoms with E-state index in [2.05, 4.69) is 30.8 Å². The minimum atomic E-state index is -1.11. The maximum absolute atomic E-state index is 14.1. The van der Waals surface area contributed by atoms with E-state index in [9.17, 15) is 14.4 Å². The van der Waals surface area contributed by atoms with Crippen LogP contribution < -0.4 is 10.6 Å². The van der Waals surface area contributed by atoms with E-state index in [1.54, 1.807) is 54.6 Å². The molecule has 5 aromatic carbocycles. The van der Waals surface area contributed by atoms with Crippen molar-refractivity contribution >= 4 is 115 Å². The second kappa shape index (κ2) is 12.5. The van der Waals surface area contributed by atoms with Crippen molar-refractivity contribution in [1.82, 2.24) is 10.3 Å². The molecule has 1 aromatic heterocycles. The third-order valence-electron chi connectivity index (χ3n) is 8.46. The van der Waals surface area contributed by atoms with Gasteiger partial charge in [-0.1, -0.05) is 94.9 Å². The summed E-state index contributed by atoms with van der Waals surface area (Å²) in [6.45, 7) is 0. The van der Waals surface area contributed by atoms with Gasteiger partial charge < -0.3 is 15.6 Å². The van der Waals surface area contributed by atoms with Gasteiger partial charge in [0.15, 0.2) is 11.8 Å². The van der Waals surface area contributed by atoms with Gasteiger partial charge in [0.2, 0.25) is 0 Å². The first kappa shape index (κ1) is 31.9. The molecule has 0 saturated heterocycles. The van der Waals surface area contributed by atoms with Gasteiger partial charge in [0, 0.05) is 27.5 Å². The average molecular weight is 738 g/mol. The van der Waals surface area contributed by atoms with Gasteiger partial charge in [0.05, 0.1) is 53.7 Å². The number of hydrogen-bond acceptors (Lipinski definition) is 6. The van der Waals surface area contributed by atoms with Crippen molar-refractivity contribution < 1.29 is 14.4 Å². The predicted octanol–water partition coefficient (Wildman–Crippen LogP) is 10.2. The van der Waals surface area contributed by atoms with E-state index in [4.69, 9.17) is 46.4 Å². The summed E-state index contributed by atoms with van der Waals surface area (Å²) in [5.41, 5.74) is 4.67. The van der Waals surface area contributed by atoms with Crippen LogP contribution in [0.15, 0.2) is 112 Å². The number of Topliss-reactive ketones (excluding diaryl/α,β-unsaturated/α-hetero) is 1. The molecule has 1 atom stereocenters. The van der Waals surface area contributed by atoms with E-state index in [0.717, 1.165) is 21.8 Å². The predicted molar refractivity (Wildman–Crippen MR) is 198 cm³/mol. The van der Waals surface area contributed by atoms with Crippen LogP contribution in [-0.4, -0.2) is 28.4 Å². The third-order valence-corrected chi connectivity index (χ3v) is 10.3. The van der Waals surface area contributed by atoms with Crippen LogP contribution in [0, 0.1) is 0 Å². The summed E-state index contributed by atoms with van der Waals surface area (Å²) in [6.07, 6.45) is 1.60. The number of H-pyrrole nitrogens is 1. The molecule has 13 heteroatoms. The maximum atomic E-state index is 14.1. The molecule has 0 radical (unpaired) electrons. The summed E-state index contributed by atoms with van der Waals surface area (Å²) in [7, 11) is 0. The highest BCUT2D eigenvalue weighted by Crippen LogP contribution is 2.44. The molecule has 1 unspecified atom stereocenters. The van der Waals surface area contributed by atoms with Gasteiger partial charge in [0.1, 0.15) is 5.84 Å². The Hall–Kier alpha value is -5.32. The Morgan fingerprint density at radius 1 is 0.720 bits per heavy atom. The molecule has 9 nitrogen and oxygen atoms in total. The number of para-hydroxylation sites is 2. The summed E-state index contributed by atoms with van der Waals surface area (Å²) in [4.78, 5) is 48.1. The highest BCUT2D eigenvalue weighted by Gasteiger charge is 2.36. The zero-order valence-corrected chi connectivity index (χ0v) is 28.4. The van der Waals surface area contributed by atoms with Gasteiger partial charge in [-0.25, -0.2) is 4.99 Å². The molecular weight excluding hydrogens is 718 g/mol. The van der Waals surface area contributed by atoms with Crippen molar-refractivity contribution in [2.45, 2.75) is 6.04 Å². The van der Waals surface area contributed by atoms with Crippen molar-refractivity contribution in [2.75, 3.05) is 5.32 Å². The lowest BCUT2D eigenvalue weighted by Crippen LogP contribution is -2.27. The molecular formula is C37H20Cl4N6O3. The quantitative estimate of drug-likeness (QED) is 0.0705. The molecule has 0 bridgehead atoms. The molecule has 0 fully saturated rings. The van der Waals surface area contributed by atoms with Gasteiger partial charge in [-0.05, 0) is 54.1 Å². The van der Waals surface area contributed by atoms with Crippen LogP contribution in [-0.2, 0) is 9.59 Å². The lowest BCUT2D eigenvalue weighted by Gasteiger charge is -2.21. The van der Waals surface area contributed by atoms with E-state index >= 15 is 0 Å². The number of nitrogens with zero attached hydrogens (tertiary/aromatic N) is 3. The van der Waals surface area contributed by atoms with Crippen LogP contribution in [0.2, 0.25) is 20.1 Å². The molecule has 0 spiro atoms. The Balaban J connectivity index is 1.15. The van der Waals surface area contributed by atoms with Crippen LogP contribution in [0.25, 0.3) is 27.9 Å². The minimum Gasteiger partial charge on any atom is -0.354 e. The number of azo groups is 1. The average Bonchev–Trinajstić information content (AvgIpc) is 3.67. The lowest BCUT2D eigenvalue weighted by molar-refractivity contribution is -0.121. The van der Waals surface area contributed by atoms with Crippen molar-refractivity contribution in [3.8, 4) is 0 Å². The second-order valence-electron chi connectivity index (χ2n) is 11.5. The number of aromatic nitrogens is 1. The number of fused-ring (bicyclic) bond motifs is 6. The number of hydrogen-bond donors (Lipinski definition) is 3. The van der Waals surface area contributed by atoms with Crippen molar-refractivity contribution in [2.24, 2.45) is 15.2 Å². The maximum Gasteiger partial charge on any atom is 0.259 e. The fourth-order valence-corrected chi connectivity index (χ4v) is 7.15. The zero-order valence-electron chi connectivity index (χ0n) is 25.4. The molecule has 50 heavy (non-hydrogen) atoms. The van der Waals surface area contributed by atoms with Crippen LogP contribution in [0.1, 0.15) is 33.1 Å². The first-order valence-corrected chi connectivity index (χ1v) is 16.6. The summed E-state index contributed by atoms with van der Waals surface area (Å²) in [6, 6.07) is 26.1. The summed E-state index contributed by atoms with van der Waals surface area (Å²) < 4.78 is 0.